The number of rotatable bonds is 2. The molecule has 1 unspecified atom stereocenters. The molecule has 0 aliphatic carbocycles. The largest absolute Gasteiger partial charge is 0.478 e. The number of piperidine rings is 1. The molecule has 1 amide bonds. The summed E-state index contributed by atoms with van der Waals surface area (Å²) in [5, 5.41) is 12.9. The number of amides is 1. The highest BCUT2D eigenvalue weighted by Gasteiger charge is 2.29. The molecule has 1 saturated heterocycles. The molecule has 0 aromatic carbocycles. The summed E-state index contributed by atoms with van der Waals surface area (Å²) < 4.78 is 1.34. The van der Waals surface area contributed by atoms with Gasteiger partial charge in [0.2, 0.25) is 0 Å². The lowest BCUT2D eigenvalue weighted by Crippen LogP contribution is -2.43. The van der Waals surface area contributed by atoms with Gasteiger partial charge in [0.05, 0.1) is 6.20 Å². The number of carbonyl (C=O) groups excluding carboxylic acids is 1. The van der Waals surface area contributed by atoms with Crippen LogP contribution < -0.4 is 0 Å². The van der Waals surface area contributed by atoms with Gasteiger partial charge in [0.1, 0.15) is 11.3 Å². The summed E-state index contributed by atoms with van der Waals surface area (Å²) in [6, 6.07) is 0.155. The minimum absolute atomic E-state index is 0.0275. The minimum Gasteiger partial charge on any atom is -0.478 e. The number of carboxylic acid groups (broad SMARTS) is 1. The molecule has 2 rings (SSSR count). The van der Waals surface area contributed by atoms with Crippen LogP contribution in [0.2, 0.25) is 0 Å². The molecule has 1 aromatic heterocycles. The van der Waals surface area contributed by atoms with Crippen LogP contribution in [-0.2, 0) is 7.05 Å². The fraction of sp³-hybridized carbons (Fsp3) is 0.583. The zero-order valence-corrected chi connectivity index (χ0v) is 10.6. The van der Waals surface area contributed by atoms with Gasteiger partial charge in [-0.1, -0.05) is 0 Å². The molecule has 0 radical (unpaired) electrons. The first kappa shape index (κ1) is 12.6. The van der Waals surface area contributed by atoms with Gasteiger partial charge >= 0.3 is 5.97 Å². The second kappa shape index (κ2) is 4.80. The van der Waals surface area contributed by atoms with E-state index in [1.54, 1.807) is 11.9 Å². The molecule has 1 atom stereocenters. The molecular weight excluding hydrogens is 234 g/mol. The van der Waals surface area contributed by atoms with E-state index in [9.17, 15) is 9.59 Å². The maximum absolute atomic E-state index is 12.4. The first-order valence-corrected chi connectivity index (χ1v) is 6.08. The van der Waals surface area contributed by atoms with Crippen molar-refractivity contribution in [3.63, 3.8) is 0 Å². The normalized spacial score (nSPS) is 19.9. The second-order valence-electron chi connectivity index (χ2n) is 4.68. The van der Waals surface area contributed by atoms with Gasteiger partial charge in [-0.2, -0.15) is 5.10 Å². The molecule has 18 heavy (non-hydrogen) atoms. The molecule has 98 valence electrons. The summed E-state index contributed by atoms with van der Waals surface area (Å²) in [4.78, 5) is 25.2. The van der Waals surface area contributed by atoms with Crippen molar-refractivity contribution < 1.29 is 14.7 Å². The van der Waals surface area contributed by atoms with Gasteiger partial charge in [-0.15, -0.1) is 0 Å². The minimum atomic E-state index is -1.11. The Kier molecular flexibility index (Phi) is 3.36. The lowest BCUT2D eigenvalue weighted by Gasteiger charge is -2.33. The number of carbonyl (C=O) groups is 2. The number of aromatic carboxylic acids is 1. The predicted octanol–water partition coefficient (Wildman–Crippen LogP) is 1.13. The summed E-state index contributed by atoms with van der Waals surface area (Å²) >= 11 is 0. The zero-order chi connectivity index (χ0) is 13.3. The third-order valence-corrected chi connectivity index (χ3v) is 3.44. The molecule has 6 heteroatoms. The van der Waals surface area contributed by atoms with Crippen LogP contribution in [0.5, 0.6) is 0 Å². The Balaban J connectivity index is 2.33. The molecule has 1 aromatic rings. The number of aromatic nitrogens is 2. The van der Waals surface area contributed by atoms with E-state index in [1.807, 2.05) is 6.92 Å². The average molecular weight is 251 g/mol. The summed E-state index contributed by atoms with van der Waals surface area (Å²) in [5.74, 6) is -1.35. The van der Waals surface area contributed by atoms with Crippen molar-refractivity contribution in [2.45, 2.75) is 32.2 Å². The van der Waals surface area contributed by atoms with Crippen molar-refractivity contribution in [1.82, 2.24) is 14.7 Å². The van der Waals surface area contributed by atoms with Gasteiger partial charge < -0.3 is 10.0 Å². The fourth-order valence-electron chi connectivity index (χ4n) is 2.38. The van der Waals surface area contributed by atoms with E-state index in [-0.39, 0.29) is 23.2 Å². The summed E-state index contributed by atoms with van der Waals surface area (Å²) in [6.45, 7) is 2.68. The fourth-order valence-corrected chi connectivity index (χ4v) is 2.38. The van der Waals surface area contributed by atoms with Crippen LogP contribution in [0.4, 0.5) is 0 Å². The molecule has 1 N–H and O–H groups in total. The van der Waals surface area contributed by atoms with E-state index < -0.39 is 5.97 Å². The highest BCUT2D eigenvalue weighted by atomic mass is 16.4. The second-order valence-corrected chi connectivity index (χ2v) is 4.68. The number of carboxylic acids is 1. The van der Waals surface area contributed by atoms with Crippen LogP contribution in [0, 0.1) is 0 Å². The maximum Gasteiger partial charge on any atom is 0.339 e. The Morgan fingerprint density at radius 3 is 2.78 bits per heavy atom. The van der Waals surface area contributed by atoms with E-state index in [2.05, 4.69) is 5.10 Å². The molecular formula is C12H17N3O3. The number of nitrogens with zero attached hydrogens (tertiary/aromatic N) is 3. The Hall–Kier alpha value is -1.85. The highest BCUT2D eigenvalue weighted by molar-refractivity contribution is 6.03. The molecule has 1 aliphatic rings. The van der Waals surface area contributed by atoms with Gasteiger partial charge in [0.25, 0.3) is 5.91 Å². The lowest BCUT2D eigenvalue weighted by molar-refractivity contribution is 0.0603. The van der Waals surface area contributed by atoms with Gasteiger partial charge in [-0.3, -0.25) is 9.48 Å². The molecule has 1 aliphatic heterocycles. The Morgan fingerprint density at radius 2 is 2.17 bits per heavy atom. The monoisotopic (exact) mass is 251 g/mol. The number of hydrogen-bond donors (Lipinski definition) is 1. The first-order chi connectivity index (χ1) is 8.52. The molecule has 0 saturated carbocycles. The first-order valence-electron chi connectivity index (χ1n) is 6.08. The quantitative estimate of drug-likeness (QED) is 0.855. The number of likely N-dealkylation sites (tertiary alicyclic amines) is 1. The third kappa shape index (κ3) is 2.10. The van der Waals surface area contributed by atoms with Crippen LogP contribution in [-0.4, -0.2) is 44.3 Å². The highest BCUT2D eigenvalue weighted by Crippen LogP contribution is 2.20. The van der Waals surface area contributed by atoms with Crippen LogP contribution in [0.1, 0.15) is 47.0 Å². The summed E-state index contributed by atoms with van der Waals surface area (Å²) in [5.41, 5.74) is 0.136. The lowest BCUT2D eigenvalue weighted by atomic mass is 10.0. The summed E-state index contributed by atoms with van der Waals surface area (Å²) in [6.07, 6.45) is 4.27. The van der Waals surface area contributed by atoms with Crippen LogP contribution in [0.15, 0.2) is 6.20 Å². The number of aryl methyl sites for hydroxylation is 1. The van der Waals surface area contributed by atoms with Crippen molar-refractivity contribution in [3.8, 4) is 0 Å². The molecule has 2 heterocycles. The third-order valence-electron chi connectivity index (χ3n) is 3.44. The van der Waals surface area contributed by atoms with Crippen LogP contribution >= 0.6 is 0 Å². The van der Waals surface area contributed by atoms with Gasteiger partial charge in [0, 0.05) is 19.6 Å². The van der Waals surface area contributed by atoms with Crippen molar-refractivity contribution in [1.29, 1.82) is 0 Å². The molecule has 6 nitrogen and oxygen atoms in total. The van der Waals surface area contributed by atoms with Crippen molar-refractivity contribution in [2.75, 3.05) is 6.54 Å². The standard InChI is InChI=1S/C12H17N3O3/c1-8-5-3-4-6-15(8)11(16)10-9(12(17)18)7-13-14(10)2/h7-8H,3-6H2,1-2H3,(H,17,18). The average Bonchev–Trinajstić information content (AvgIpc) is 2.71. The maximum atomic E-state index is 12.4. The van der Waals surface area contributed by atoms with Crippen LogP contribution in [0.3, 0.4) is 0 Å². The smallest absolute Gasteiger partial charge is 0.339 e. The van der Waals surface area contributed by atoms with Gasteiger partial charge in [-0.05, 0) is 26.2 Å². The van der Waals surface area contributed by atoms with Gasteiger partial charge in [0.15, 0.2) is 0 Å². The van der Waals surface area contributed by atoms with E-state index in [0.717, 1.165) is 19.3 Å². The number of hydrogen-bond acceptors (Lipinski definition) is 3. The molecule has 0 bridgehead atoms. The van der Waals surface area contributed by atoms with E-state index in [4.69, 9.17) is 5.11 Å². The van der Waals surface area contributed by atoms with E-state index >= 15 is 0 Å². The van der Waals surface area contributed by atoms with Crippen LogP contribution in [0.25, 0.3) is 0 Å². The predicted molar refractivity (Wildman–Crippen MR) is 64.5 cm³/mol. The summed E-state index contributed by atoms with van der Waals surface area (Å²) in [7, 11) is 1.59. The molecule has 0 spiro atoms. The van der Waals surface area contributed by atoms with Crippen molar-refractivity contribution in [3.05, 3.63) is 17.5 Å². The zero-order valence-electron chi connectivity index (χ0n) is 10.6. The Labute approximate surface area is 105 Å². The van der Waals surface area contributed by atoms with Gasteiger partial charge in [-0.25, -0.2) is 4.79 Å². The Bertz CT molecular complexity index is 481. The van der Waals surface area contributed by atoms with Crippen molar-refractivity contribution >= 4 is 11.9 Å². The molecule has 1 fully saturated rings. The van der Waals surface area contributed by atoms with Crippen molar-refractivity contribution in [2.24, 2.45) is 7.05 Å². The van der Waals surface area contributed by atoms with E-state index in [0.29, 0.717) is 6.54 Å². The SMILES string of the molecule is CC1CCCCN1C(=O)c1c(C(=O)O)cnn1C. The Morgan fingerprint density at radius 1 is 1.44 bits per heavy atom. The topological polar surface area (TPSA) is 75.4 Å². The van der Waals surface area contributed by atoms with E-state index in [1.165, 1.54) is 10.9 Å².